The van der Waals surface area contributed by atoms with Crippen molar-refractivity contribution in [2.75, 3.05) is 0 Å². The third-order valence-electron chi connectivity index (χ3n) is 2.39. The van der Waals surface area contributed by atoms with Gasteiger partial charge in [0.15, 0.2) is 0 Å². The van der Waals surface area contributed by atoms with Crippen LogP contribution in [-0.4, -0.2) is 17.0 Å². The first-order valence-corrected chi connectivity index (χ1v) is 6.23. The molecule has 1 aromatic heterocycles. The molecule has 1 heterocycles. The van der Waals surface area contributed by atoms with Gasteiger partial charge in [-0.15, -0.1) is 11.3 Å². The lowest BCUT2D eigenvalue weighted by molar-refractivity contribution is -0.151. The van der Waals surface area contributed by atoms with Gasteiger partial charge in [0.1, 0.15) is 5.92 Å². The van der Waals surface area contributed by atoms with E-state index in [0.717, 1.165) is 4.88 Å². The molecule has 0 radical (unpaired) electrons. The topological polar surface area (TPSA) is 66.4 Å². The Hall–Kier alpha value is -1.36. The number of nitrogens with one attached hydrogen (secondary N) is 1. The van der Waals surface area contributed by atoms with Crippen LogP contribution >= 0.6 is 11.3 Å². The number of hydrogen-bond donors (Lipinski definition) is 2. The quantitative estimate of drug-likeness (QED) is 0.810. The van der Waals surface area contributed by atoms with Gasteiger partial charge >= 0.3 is 5.97 Å². The van der Waals surface area contributed by atoms with Crippen molar-refractivity contribution in [1.82, 2.24) is 5.32 Å². The van der Waals surface area contributed by atoms with E-state index in [1.165, 1.54) is 11.3 Å². The van der Waals surface area contributed by atoms with Crippen LogP contribution in [0, 0.1) is 11.3 Å². The maximum Gasteiger partial charge on any atom is 0.316 e. The summed E-state index contributed by atoms with van der Waals surface area (Å²) in [5.41, 5.74) is -0.592. The molecule has 0 saturated heterocycles. The first-order chi connectivity index (χ1) is 7.82. The summed E-state index contributed by atoms with van der Waals surface area (Å²) in [4.78, 5) is 23.9. The van der Waals surface area contributed by atoms with E-state index in [2.05, 4.69) is 5.32 Å². The Morgan fingerprint density at radius 2 is 2.12 bits per heavy atom. The number of carboxylic acids is 1. The van der Waals surface area contributed by atoms with Gasteiger partial charge in [-0.3, -0.25) is 9.59 Å². The molecule has 0 aromatic carbocycles. The van der Waals surface area contributed by atoms with Gasteiger partial charge in [0.2, 0.25) is 5.91 Å². The number of thiophene rings is 1. The average Bonchev–Trinajstić information content (AvgIpc) is 2.63. The van der Waals surface area contributed by atoms with Crippen molar-refractivity contribution in [3.63, 3.8) is 0 Å². The number of carbonyl (C=O) groups is 2. The third-order valence-corrected chi connectivity index (χ3v) is 3.27. The smallest absolute Gasteiger partial charge is 0.316 e. The average molecular weight is 255 g/mol. The molecular formula is C12H17NO3S. The molecule has 0 bridgehead atoms. The molecule has 1 amide bonds. The second-order valence-electron chi connectivity index (χ2n) is 4.93. The zero-order valence-electron chi connectivity index (χ0n) is 10.2. The zero-order chi connectivity index (χ0) is 13.1. The Kier molecular flexibility index (Phi) is 4.28. The zero-order valence-corrected chi connectivity index (χ0v) is 11.0. The van der Waals surface area contributed by atoms with Crippen LogP contribution in [0.2, 0.25) is 0 Å². The molecule has 0 aliphatic heterocycles. The van der Waals surface area contributed by atoms with Crippen molar-refractivity contribution in [1.29, 1.82) is 0 Å². The molecule has 1 rings (SSSR count). The Balaban J connectivity index is 2.64. The molecule has 0 saturated carbocycles. The summed E-state index contributed by atoms with van der Waals surface area (Å²) in [6.45, 7) is 5.62. The van der Waals surface area contributed by atoms with Crippen LogP contribution in [0.5, 0.6) is 0 Å². The van der Waals surface area contributed by atoms with E-state index in [4.69, 9.17) is 5.11 Å². The maximum atomic E-state index is 11.8. The second kappa shape index (κ2) is 5.31. The van der Waals surface area contributed by atoms with Crippen LogP contribution in [0.3, 0.4) is 0 Å². The van der Waals surface area contributed by atoms with E-state index in [-0.39, 0.29) is 0 Å². The van der Waals surface area contributed by atoms with Crippen LogP contribution in [0.4, 0.5) is 0 Å². The molecule has 0 aliphatic rings. The number of amides is 1. The summed E-state index contributed by atoms with van der Waals surface area (Å²) < 4.78 is 0. The highest BCUT2D eigenvalue weighted by atomic mass is 32.1. The molecule has 0 aliphatic carbocycles. The Bertz CT molecular complexity index is 392. The van der Waals surface area contributed by atoms with E-state index in [9.17, 15) is 9.59 Å². The molecule has 17 heavy (non-hydrogen) atoms. The molecular weight excluding hydrogens is 238 g/mol. The van der Waals surface area contributed by atoms with E-state index in [1.54, 1.807) is 20.8 Å². The summed E-state index contributed by atoms with van der Waals surface area (Å²) >= 11 is 1.53. The monoisotopic (exact) mass is 255 g/mol. The molecule has 1 unspecified atom stereocenters. The van der Waals surface area contributed by atoms with E-state index in [0.29, 0.717) is 6.54 Å². The minimum atomic E-state index is -1.08. The van der Waals surface area contributed by atoms with Gasteiger partial charge < -0.3 is 10.4 Å². The summed E-state index contributed by atoms with van der Waals surface area (Å²) in [6, 6.07) is 3.79. The largest absolute Gasteiger partial charge is 0.481 e. The van der Waals surface area contributed by atoms with Gasteiger partial charge in [-0.05, 0) is 16.9 Å². The predicted octanol–water partition coefficient (Wildman–Crippen LogP) is 2.11. The first kappa shape index (κ1) is 13.7. The van der Waals surface area contributed by atoms with Crippen molar-refractivity contribution in [3.8, 4) is 0 Å². The van der Waals surface area contributed by atoms with Gasteiger partial charge in [-0.1, -0.05) is 26.8 Å². The third kappa shape index (κ3) is 3.85. The van der Waals surface area contributed by atoms with Crippen molar-refractivity contribution in [2.24, 2.45) is 11.3 Å². The molecule has 2 N–H and O–H groups in total. The summed E-state index contributed by atoms with van der Waals surface area (Å²) in [5.74, 6) is -2.54. The van der Waals surface area contributed by atoms with Crippen LogP contribution in [-0.2, 0) is 16.1 Å². The molecule has 1 atom stereocenters. The molecule has 94 valence electrons. The highest BCUT2D eigenvalue weighted by Gasteiger charge is 2.37. The highest BCUT2D eigenvalue weighted by Crippen LogP contribution is 2.26. The summed E-state index contributed by atoms with van der Waals surface area (Å²) in [5, 5.41) is 13.7. The van der Waals surface area contributed by atoms with Gasteiger partial charge in [0.05, 0.1) is 6.54 Å². The SMILES string of the molecule is CC(C)(C)C(C(=O)O)C(=O)NCc1cccs1. The van der Waals surface area contributed by atoms with E-state index in [1.807, 2.05) is 17.5 Å². The fraction of sp³-hybridized carbons (Fsp3) is 0.500. The Morgan fingerprint density at radius 1 is 1.47 bits per heavy atom. The number of hydrogen-bond acceptors (Lipinski definition) is 3. The summed E-state index contributed by atoms with van der Waals surface area (Å²) in [6.07, 6.45) is 0. The predicted molar refractivity (Wildman–Crippen MR) is 66.7 cm³/mol. The number of aliphatic carboxylic acids is 1. The van der Waals surface area contributed by atoms with Gasteiger partial charge in [-0.25, -0.2) is 0 Å². The number of carboxylic acid groups (broad SMARTS) is 1. The normalized spacial score (nSPS) is 13.1. The first-order valence-electron chi connectivity index (χ1n) is 5.35. The lowest BCUT2D eigenvalue weighted by Crippen LogP contribution is -2.42. The van der Waals surface area contributed by atoms with Crippen molar-refractivity contribution in [2.45, 2.75) is 27.3 Å². The van der Waals surface area contributed by atoms with Gasteiger partial charge in [0, 0.05) is 4.88 Å². The van der Waals surface area contributed by atoms with Crippen LogP contribution in [0.25, 0.3) is 0 Å². The Morgan fingerprint density at radius 3 is 2.53 bits per heavy atom. The van der Waals surface area contributed by atoms with Gasteiger partial charge in [0.25, 0.3) is 0 Å². The van der Waals surface area contributed by atoms with Crippen molar-refractivity contribution in [3.05, 3.63) is 22.4 Å². The van der Waals surface area contributed by atoms with Gasteiger partial charge in [-0.2, -0.15) is 0 Å². The fourth-order valence-corrected chi connectivity index (χ4v) is 2.21. The standard InChI is InChI=1S/C12H17NO3S/c1-12(2,3)9(11(15)16)10(14)13-7-8-5-4-6-17-8/h4-6,9H,7H2,1-3H3,(H,13,14)(H,15,16). The van der Waals surface area contributed by atoms with E-state index >= 15 is 0 Å². The van der Waals surface area contributed by atoms with E-state index < -0.39 is 23.2 Å². The minimum Gasteiger partial charge on any atom is -0.481 e. The lowest BCUT2D eigenvalue weighted by Gasteiger charge is -2.25. The molecule has 0 spiro atoms. The van der Waals surface area contributed by atoms with Crippen LogP contribution in [0.1, 0.15) is 25.6 Å². The number of carbonyl (C=O) groups excluding carboxylic acids is 1. The van der Waals surface area contributed by atoms with Crippen LogP contribution in [0.15, 0.2) is 17.5 Å². The second-order valence-corrected chi connectivity index (χ2v) is 5.97. The molecule has 5 heteroatoms. The highest BCUT2D eigenvalue weighted by molar-refractivity contribution is 7.09. The maximum absolute atomic E-state index is 11.8. The Labute approximate surface area is 105 Å². The fourth-order valence-electron chi connectivity index (χ4n) is 1.57. The lowest BCUT2D eigenvalue weighted by atomic mass is 9.80. The molecule has 4 nitrogen and oxygen atoms in total. The van der Waals surface area contributed by atoms with Crippen LogP contribution < -0.4 is 5.32 Å². The number of rotatable bonds is 4. The summed E-state index contributed by atoms with van der Waals surface area (Å²) in [7, 11) is 0. The van der Waals surface area contributed by atoms with Crippen molar-refractivity contribution >= 4 is 23.2 Å². The minimum absolute atomic E-state index is 0.385. The molecule has 0 fully saturated rings. The molecule has 1 aromatic rings. The van der Waals surface area contributed by atoms with Crippen molar-refractivity contribution < 1.29 is 14.7 Å².